The van der Waals surface area contributed by atoms with E-state index < -0.39 is 0 Å². The van der Waals surface area contributed by atoms with Crippen molar-refractivity contribution in [3.05, 3.63) is 150 Å². The average molecular weight is 730 g/mol. The molecule has 55 heavy (non-hydrogen) atoms. The number of nitrogens with zero attached hydrogens (tertiary/aromatic N) is 1. The molecule has 4 saturated carbocycles. The predicted molar refractivity (Wildman–Crippen MR) is 231 cm³/mol. The summed E-state index contributed by atoms with van der Waals surface area (Å²) in [7, 11) is 0. The number of benzene rings is 6. The molecule has 6 aliphatic carbocycles. The molecule has 1 nitrogen and oxygen atoms in total. The van der Waals surface area contributed by atoms with Crippen LogP contribution in [0.4, 0.5) is 17.1 Å². The number of anilines is 3. The van der Waals surface area contributed by atoms with Crippen molar-refractivity contribution in [3.63, 3.8) is 0 Å². The summed E-state index contributed by atoms with van der Waals surface area (Å²) in [5.74, 6) is 3.40. The third-order valence-corrected chi connectivity index (χ3v) is 17.1. The molecule has 270 valence electrons. The van der Waals surface area contributed by atoms with Crippen molar-refractivity contribution in [2.75, 3.05) is 4.90 Å². The lowest BCUT2D eigenvalue weighted by Gasteiger charge is -2.51. The third kappa shape index (κ3) is 4.20. The summed E-state index contributed by atoms with van der Waals surface area (Å²) in [6.45, 7) is 0. The van der Waals surface area contributed by atoms with Crippen LogP contribution < -0.4 is 4.90 Å². The lowest BCUT2D eigenvalue weighted by molar-refractivity contribution is 0.0973. The van der Waals surface area contributed by atoms with Crippen LogP contribution in [0.1, 0.15) is 92.9 Å². The summed E-state index contributed by atoms with van der Waals surface area (Å²) in [6.07, 6.45) is 15.1. The zero-order valence-corrected chi connectivity index (χ0v) is 32.4. The molecule has 6 aromatic carbocycles. The smallest absolute Gasteiger partial charge is 0.0468 e. The van der Waals surface area contributed by atoms with Gasteiger partial charge in [-0.05, 0) is 162 Å². The summed E-state index contributed by atoms with van der Waals surface area (Å²) in [5.41, 5.74) is 16.3. The first-order chi connectivity index (χ1) is 27.2. The number of thiophene rings is 1. The molecule has 2 unspecified atom stereocenters. The molecule has 0 N–H and O–H groups in total. The SMILES string of the molecule is c1ccc2c(c1)-c1ccc(N(c3ccc4c(c3)-c3ccccc3C43C4CCC5CCC3CC(C5)C4)c3ccc4sc5ccccc5c4c3)cc1C21CCCC1. The van der Waals surface area contributed by atoms with Crippen LogP contribution >= 0.6 is 11.3 Å². The number of hydrogen-bond acceptors (Lipinski definition) is 2. The molecule has 0 saturated heterocycles. The molecule has 4 fully saturated rings. The van der Waals surface area contributed by atoms with Crippen LogP contribution in [0.2, 0.25) is 0 Å². The topological polar surface area (TPSA) is 3.24 Å². The second-order valence-corrected chi connectivity index (χ2v) is 19.4. The Morgan fingerprint density at radius 3 is 1.91 bits per heavy atom. The summed E-state index contributed by atoms with van der Waals surface area (Å²) in [5, 5.41) is 2.72. The average Bonchev–Trinajstić information content (AvgIpc) is 3.94. The molecule has 1 aromatic heterocycles. The van der Waals surface area contributed by atoms with E-state index in [0.717, 1.165) is 23.7 Å². The summed E-state index contributed by atoms with van der Waals surface area (Å²) in [6, 6.07) is 50.4. The zero-order chi connectivity index (χ0) is 35.9. The summed E-state index contributed by atoms with van der Waals surface area (Å²) < 4.78 is 2.72. The molecule has 7 aromatic rings. The van der Waals surface area contributed by atoms with Crippen LogP contribution in [0.15, 0.2) is 127 Å². The minimum Gasteiger partial charge on any atom is -0.310 e. The molecule has 6 aliphatic rings. The first kappa shape index (κ1) is 31.5. The van der Waals surface area contributed by atoms with Crippen LogP contribution in [0, 0.1) is 23.7 Å². The molecule has 4 bridgehead atoms. The molecule has 0 amide bonds. The van der Waals surface area contributed by atoms with E-state index in [4.69, 9.17) is 0 Å². The zero-order valence-electron chi connectivity index (χ0n) is 31.6. The van der Waals surface area contributed by atoms with E-state index in [-0.39, 0.29) is 10.8 Å². The Morgan fingerprint density at radius 2 is 1.07 bits per heavy atom. The van der Waals surface area contributed by atoms with Gasteiger partial charge in [0, 0.05) is 48.1 Å². The van der Waals surface area contributed by atoms with Gasteiger partial charge in [0.25, 0.3) is 0 Å². The normalized spacial score (nSPS) is 26.3. The maximum absolute atomic E-state index is 2.62. The van der Waals surface area contributed by atoms with Crippen LogP contribution in [0.3, 0.4) is 0 Å². The van der Waals surface area contributed by atoms with Gasteiger partial charge in [-0.25, -0.2) is 0 Å². The fraction of sp³-hybridized carbons (Fsp3) is 0.321. The van der Waals surface area contributed by atoms with Gasteiger partial charge >= 0.3 is 0 Å². The van der Waals surface area contributed by atoms with Gasteiger partial charge in [-0.15, -0.1) is 11.3 Å². The first-order valence-corrected chi connectivity index (χ1v) is 22.2. The highest BCUT2D eigenvalue weighted by Crippen LogP contribution is 2.67. The second-order valence-electron chi connectivity index (χ2n) is 18.3. The van der Waals surface area contributed by atoms with Crippen LogP contribution in [0.5, 0.6) is 0 Å². The molecule has 2 atom stereocenters. The lowest BCUT2D eigenvalue weighted by atomic mass is 9.52. The summed E-state index contributed by atoms with van der Waals surface area (Å²) in [4.78, 5) is 2.61. The first-order valence-electron chi connectivity index (χ1n) is 21.4. The highest BCUT2D eigenvalue weighted by molar-refractivity contribution is 7.25. The fourth-order valence-corrected chi connectivity index (χ4v) is 15.1. The highest BCUT2D eigenvalue weighted by atomic mass is 32.1. The maximum Gasteiger partial charge on any atom is 0.0468 e. The van der Waals surface area contributed by atoms with Gasteiger partial charge < -0.3 is 4.90 Å². The van der Waals surface area contributed by atoms with Gasteiger partial charge in [0.2, 0.25) is 0 Å². The van der Waals surface area contributed by atoms with Crippen molar-refractivity contribution in [2.45, 2.75) is 81.5 Å². The molecule has 2 heteroatoms. The molecular formula is C53H47NS. The van der Waals surface area contributed by atoms with Gasteiger partial charge in [-0.1, -0.05) is 105 Å². The Morgan fingerprint density at radius 1 is 0.455 bits per heavy atom. The second kappa shape index (κ2) is 11.5. The van der Waals surface area contributed by atoms with Crippen LogP contribution in [-0.2, 0) is 10.8 Å². The Labute approximate surface area is 329 Å². The van der Waals surface area contributed by atoms with E-state index in [1.165, 1.54) is 130 Å². The van der Waals surface area contributed by atoms with Crippen molar-refractivity contribution in [2.24, 2.45) is 23.7 Å². The van der Waals surface area contributed by atoms with Crippen molar-refractivity contribution in [1.82, 2.24) is 0 Å². The number of hydrogen-bond donors (Lipinski definition) is 0. The Bertz CT molecular complexity index is 2690. The quantitative estimate of drug-likeness (QED) is 0.175. The van der Waals surface area contributed by atoms with Crippen molar-refractivity contribution in [3.8, 4) is 22.3 Å². The van der Waals surface area contributed by atoms with Crippen LogP contribution in [-0.4, -0.2) is 0 Å². The van der Waals surface area contributed by atoms with E-state index >= 15 is 0 Å². The van der Waals surface area contributed by atoms with Gasteiger partial charge in [0.1, 0.15) is 0 Å². The number of rotatable bonds is 3. The van der Waals surface area contributed by atoms with Crippen molar-refractivity contribution < 1.29 is 0 Å². The molecule has 0 aliphatic heterocycles. The Kier molecular flexibility index (Phi) is 6.57. The largest absolute Gasteiger partial charge is 0.310 e. The standard InChI is InChI=1S/C53H47NS/c1-4-12-46-40(9-1)42-22-19-39(32-49(42)52(46)25-7-8-26-52)54(38-21-24-51-45(31-38)43-11-3-6-14-50(43)55-51)37-20-23-48-44(30-37)41-10-2-5-13-47(41)53(48)35-17-15-33-16-18-36(53)29-34(27-33)28-35/h1-6,9-14,19-24,30-36H,7-8,15-18,25-29H2. The minimum atomic E-state index is 0.126. The van der Waals surface area contributed by atoms with Gasteiger partial charge in [-0.3, -0.25) is 0 Å². The predicted octanol–water partition coefficient (Wildman–Crippen LogP) is 14.9. The fourth-order valence-electron chi connectivity index (χ4n) is 14.0. The number of fused-ring (bicyclic) bond motifs is 18. The van der Waals surface area contributed by atoms with E-state index in [1.54, 1.807) is 22.3 Å². The molecule has 13 rings (SSSR count). The molecular weight excluding hydrogens is 683 g/mol. The Hall–Kier alpha value is -4.66. The van der Waals surface area contributed by atoms with E-state index in [0.29, 0.717) is 0 Å². The molecule has 1 heterocycles. The van der Waals surface area contributed by atoms with Gasteiger partial charge in [0.05, 0.1) is 0 Å². The third-order valence-electron chi connectivity index (χ3n) is 16.0. The minimum absolute atomic E-state index is 0.126. The van der Waals surface area contributed by atoms with Crippen molar-refractivity contribution >= 4 is 48.6 Å². The van der Waals surface area contributed by atoms with E-state index in [9.17, 15) is 0 Å². The summed E-state index contributed by atoms with van der Waals surface area (Å²) >= 11 is 1.91. The monoisotopic (exact) mass is 729 g/mol. The maximum atomic E-state index is 2.62. The van der Waals surface area contributed by atoms with Crippen LogP contribution in [0.25, 0.3) is 42.4 Å². The van der Waals surface area contributed by atoms with Gasteiger partial charge in [0.15, 0.2) is 0 Å². The highest BCUT2D eigenvalue weighted by Gasteiger charge is 2.58. The van der Waals surface area contributed by atoms with Gasteiger partial charge in [-0.2, -0.15) is 0 Å². The van der Waals surface area contributed by atoms with Crippen molar-refractivity contribution in [1.29, 1.82) is 0 Å². The lowest BCUT2D eigenvalue weighted by Crippen LogP contribution is -2.46. The molecule has 2 spiro atoms. The molecule has 0 radical (unpaired) electrons. The Balaban J connectivity index is 1.03. The van der Waals surface area contributed by atoms with E-state index in [2.05, 4.69) is 132 Å². The van der Waals surface area contributed by atoms with E-state index in [1.807, 2.05) is 11.3 Å².